The SMILES string of the molecule is CCNCc1cccc(F)c1N(C)CC1CC2CCC1C2. The summed E-state index contributed by atoms with van der Waals surface area (Å²) in [5.41, 5.74) is 1.86. The maximum absolute atomic E-state index is 14.3. The van der Waals surface area contributed by atoms with E-state index in [2.05, 4.69) is 24.2 Å². The molecular formula is C18H27FN2. The Kier molecular flexibility index (Phi) is 4.48. The molecule has 2 bridgehead atoms. The molecule has 3 rings (SSSR count). The Labute approximate surface area is 127 Å². The Bertz CT molecular complexity index is 488. The van der Waals surface area contributed by atoms with Crippen molar-refractivity contribution in [3.63, 3.8) is 0 Å². The van der Waals surface area contributed by atoms with Gasteiger partial charge in [0, 0.05) is 20.1 Å². The van der Waals surface area contributed by atoms with Crippen molar-refractivity contribution in [2.45, 2.75) is 39.2 Å². The van der Waals surface area contributed by atoms with Crippen LogP contribution in [0.3, 0.4) is 0 Å². The zero-order valence-corrected chi connectivity index (χ0v) is 13.2. The van der Waals surface area contributed by atoms with Gasteiger partial charge in [-0.15, -0.1) is 0 Å². The number of hydrogen-bond donors (Lipinski definition) is 1. The molecule has 0 saturated heterocycles. The van der Waals surface area contributed by atoms with Crippen molar-refractivity contribution in [2.75, 3.05) is 25.0 Å². The van der Waals surface area contributed by atoms with Crippen molar-refractivity contribution in [3.05, 3.63) is 29.6 Å². The summed E-state index contributed by atoms with van der Waals surface area (Å²) in [4.78, 5) is 2.16. The lowest BCUT2D eigenvalue weighted by Crippen LogP contribution is -2.30. The number of hydrogen-bond acceptors (Lipinski definition) is 2. The van der Waals surface area contributed by atoms with Crippen LogP contribution >= 0.6 is 0 Å². The van der Waals surface area contributed by atoms with Gasteiger partial charge in [0.15, 0.2) is 0 Å². The van der Waals surface area contributed by atoms with Crippen molar-refractivity contribution in [2.24, 2.45) is 17.8 Å². The van der Waals surface area contributed by atoms with E-state index in [0.29, 0.717) is 0 Å². The van der Waals surface area contributed by atoms with Crippen LogP contribution in [0.25, 0.3) is 0 Å². The van der Waals surface area contributed by atoms with Crippen LogP contribution in [0.1, 0.15) is 38.2 Å². The molecule has 2 fully saturated rings. The number of para-hydroxylation sites is 1. The molecule has 1 aromatic rings. The largest absolute Gasteiger partial charge is 0.372 e. The molecule has 0 heterocycles. The average molecular weight is 290 g/mol. The van der Waals surface area contributed by atoms with Gasteiger partial charge in [-0.3, -0.25) is 0 Å². The summed E-state index contributed by atoms with van der Waals surface area (Å²) in [5.74, 6) is 2.52. The van der Waals surface area contributed by atoms with Crippen LogP contribution in [-0.2, 0) is 6.54 Å². The van der Waals surface area contributed by atoms with E-state index < -0.39 is 0 Å². The van der Waals surface area contributed by atoms with Crippen molar-refractivity contribution < 1.29 is 4.39 Å². The molecule has 0 aliphatic heterocycles. The lowest BCUT2D eigenvalue weighted by Gasteiger charge is -2.30. The highest BCUT2D eigenvalue weighted by molar-refractivity contribution is 5.54. The molecule has 3 atom stereocenters. The van der Waals surface area contributed by atoms with E-state index in [9.17, 15) is 4.39 Å². The Morgan fingerprint density at radius 1 is 1.29 bits per heavy atom. The molecule has 0 spiro atoms. The van der Waals surface area contributed by atoms with Crippen LogP contribution in [0.4, 0.5) is 10.1 Å². The topological polar surface area (TPSA) is 15.3 Å². The molecule has 2 nitrogen and oxygen atoms in total. The van der Waals surface area contributed by atoms with Crippen LogP contribution in [0.15, 0.2) is 18.2 Å². The van der Waals surface area contributed by atoms with Gasteiger partial charge in [-0.1, -0.05) is 25.5 Å². The first-order valence-electron chi connectivity index (χ1n) is 8.38. The summed E-state index contributed by atoms with van der Waals surface area (Å²) in [6.07, 6.45) is 5.59. The van der Waals surface area contributed by atoms with Crippen LogP contribution in [0.2, 0.25) is 0 Å². The minimum Gasteiger partial charge on any atom is -0.372 e. The Morgan fingerprint density at radius 2 is 2.14 bits per heavy atom. The first kappa shape index (κ1) is 14.8. The number of rotatable bonds is 6. The lowest BCUT2D eigenvalue weighted by atomic mass is 9.88. The minimum atomic E-state index is -0.0870. The summed E-state index contributed by atoms with van der Waals surface area (Å²) in [6.45, 7) is 4.73. The first-order chi connectivity index (χ1) is 10.2. The van der Waals surface area contributed by atoms with Gasteiger partial charge in [0.25, 0.3) is 0 Å². The number of nitrogens with zero attached hydrogens (tertiary/aromatic N) is 1. The summed E-state index contributed by atoms with van der Waals surface area (Å²) in [5, 5.41) is 3.31. The number of halogens is 1. The summed E-state index contributed by atoms with van der Waals surface area (Å²) in [6, 6.07) is 5.44. The van der Waals surface area contributed by atoms with Crippen LogP contribution in [-0.4, -0.2) is 20.1 Å². The molecule has 2 saturated carbocycles. The predicted octanol–water partition coefficient (Wildman–Crippen LogP) is 3.81. The van der Waals surface area contributed by atoms with E-state index in [1.807, 2.05) is 12.1 Å². The van der Waals surface area contributed by atoms with Gasteiger partial charge in [0.2, 0.25) is 0 Å². The molecule has 21 heavy (non-hydrogen) atoms. The highest BCUT2D eigenvalue weighted by Gasteiger charge is 2.39. The number of fused-ring (bicyclic) bond motifs is 2. The van der Waals surface area contributed by atoms with Crippen molar-refractivity contribution in [1.82, 2.24) is 5.32 Å². The number of benzene rings is 1. The maximum atomic E-state index is 14.3. The monoisotopic (exact) mass is 290 g/mol. The van der Waals surface area contributed by atoms with E-state index in [-0.39, 0.29) is 5.82 Å². The number of anilines is 1. The Morgan fingerprint density at radius 3 is 2.81 bits per heavy atom. The van der Waals surface area contributed by atoms with Gasteiger partial charge in [0.05, 0.1) is 5.69 Å². The summed E-state index contributed by atoms with van der Waals surface area (Å²) < 4.78 is 14.3. The summed E-state index contributed by atoms with van der Waals surface area (Å²) in [7, 11) is 2.06. The third-order valence-electron chi connectivity index (χ3n) is 5.41. The van der Waals surface area contributed by atoms with E-state index in [4.69, 9.17) is 0 Å². The third-order valence-corrected chi connectivity index (χ3v) is 5.41. The fourth-order valence-corrected chi connectivity index (χ4v) is 4.43. The normalized spacial score (nSPS) is 27.3. The molecule has 0 amide bonds. The van der Waals surface area contributed by atoms with Crippen LogP contribution in [0.5, 0.6) is 0 Å². The fraction of sp³-hybridized carbons (Fsp3) is 0.667. The van der Waals surface area contributed by atoms with E-state index in [1.54, 1.807) is 6.07 Å². The molecule has 2 aliphatic carbocycles. The van der Waals surface area contributed by atoms with Crippen molar-refractivity contribution in [1.29, 1.82) is 0 Å². The smallest absolute Gasteiger partial charge is 0.146 e. The fourth-order valence-electron chi connectivity index (χ4n) is 4.43. The van der Waals surface area contributed by atoms with Gasteiger partial charge >= 0.3 is 0 Å². The maximum Gasteiger partial charge on any atom is 0.146 e. The van der Waals surface area contributed by atoms with Gasteiger partial charge in [0.1, 0.15) is 5.82 Å². The van der Waals surface area contributed by atoms with Gasteiger partial charge in [-0.05, 0) is 55.2 Å². The van der Waals surface area contributed by atoms with Crippen molar-refractivity contribution >= 4 is 5.69 Å². The van der Waals surface area contributed by atoms with E-state index in [1.165, 1.54) is 25.7 Å². The van der Waals surface area contributed by atoms with Crippen LogP contribution in [0, 0.1) is 23.6 Å². The molecule has 0 aromatic heterocycles. The van der Waals surface area contributed by atoms with Gasteiger partial charge in [-0.2, -0.15) is 0 Å². The zero-order chi connectivity index (χ0) is 14.8. The predicted molar refractivity (Wildman–Crippen MR) is 86.0 cm³/mol. The molecule has 1 aromatic carbocycles. The Balaban J connectivity index is 1.72. The Hall–Kier alpha value is -1.09. The van der Waals surface area contributed by atoms with E-state index >= 15 is 0 Å². The second kappa shape index (κ2) is 6.35. The zero-order valence-electron chi connectivity index (χ0n) is 13.2. The second-order valence-corrected chi connectivity index (χ2v) is 6.84. The average Bonchev–Trinajstić information content (AvgIpc) is 3.07. The van der Waals surface area contributed by atoms with Crippen molar-refractivity contribution in [3.8, 4) is 0 Å². The molecule has 0 radical (unpaired) electrons. The first-order valence-corrected chi connectivity index (χ1v) is 8.38. The second-order valence-electron chi connectivity index (χ2n) is 6.84. The molecular weight excluding hydrogens is 263 g/mol. The molecule has 116 valence electrons. The van der Waals surface area contributed by atoms with Gasteiger partial charge < -0.3 is 10.2 Å². The standard InChI is InChI=1S/C18H27FN2/c1-3-20-11-15-5-4-6-17(19)18(15)21(2)12-16-10-13-7-8-14(16)9-13/h4-6,13-14,16,20H,3,7-12H2,1-2H3. The van der Waals surface area contributed by atoms with Gasteiger partial charge in [-0.25, -0.2) is 4.39 Å². The summed E-state index contributed by atoms with van der Waals surface area (Å²) >= 11 is 0. The third kappa shape index (κ3) is 3.08. The quantitative estimate of drug-likeness (QED) is 0.857. The molecule has 3 heteroatoms. The lowest BCUT2D eigenvalue weighted by molar-refractivity contribution is 0.336. The highest BCUT2D eigenvalue weighted by atomic mass is 19.1. The number of nitrogens with one attached hydrogen (secondary N) is 1. The molecule has 3 unspecified atom stereocenters. The minimum absolute atomic E-state index is 0.0870. The van der Waals surface area contributed by atoms with Crippen LogP contribution < -0.4 is 10.2 Å². The molecule has 1 N–H and O–H groups in total. The highest BCUT2D eigenvalue weighted by Crippen LogP contribution is 2.48. The van der Waals surface area contributed by atoms with E-state index in [0.717, 1.165) is 48.6 Å². The molecule has 2 aliphatic rings.